The van der Waals surface area contributed by atoms with Crippen molar-refractivity contribution in [2.75, 3.05) is 20.2 Å². The lowest BCUT2D eigenvalue weighted by atomic mass is 10.0. The first kappa shape index (κ1) is 15.2. The molecule has 1 rings (SSSR count). The molecule has 6 heteroatoms. The van der Waals surface area contributed by atoms with E-state index < -0.39 is 5.54 Å². The summed E-state index contributed by atoms with van der Waals surface area (Å²) >= 11 is 0. The van der Waals surface area contributed by atoms with Gasteiger partial charge in [-0.05, 0) is 26.0 Å². The van der Waals surface area contributed by atoms with Crippen LogP contribution in [0.4, 0.5) is 0 Å². The van der Waals surface area contributed by atoms with Crippen LogP contribution in [-0.2, 0) is 4.79 Å². The van der Waals surface area contributed by atoms with E-state index in [0.717, 1.165) is 0 Å². The molecule has 0 aliphatic heterocycles. The van der Waals surface area contributed by atoms with Gasteiger partial charge in [-0.1, -0.05) is 0 Å². The van der Waals surface area contributed by atoms with Gasteiger partial charge in [-0.25, -0.2) is 0 Å². The number of furan rings is 1. The van der Waals surface area contributed by atoms with E-state index >= 15 is 0 Å². The molecule has 2 N–H and O–H groups in total. The Labute approximate surface area is 112 Å². The molecule has 106 valence electrons. The van der Waals surface area contributed by atoms with Gasteiger partial charge in [0.1, 0.15) is 0 Å². The zero-order valence-corrected chi connectivity index (χ0v) is 11.5. The summed E-state index contributed by atoms with van der Waals surface area (Å²) in [5.74, 6) is -0.267. The summed E-state index contributed by atoms with van der Waals surface area (Å²) < 4.78 is 4.93. The predicted octanol–water partition coefficient (Wildman–Crippen LogP) is 0.629. The van der Waals surface area contributed by atoms with E-state index in [1.165, 1.54) is 11.2 Å². The van der Waals surface area contributed by atoms with Crippen molar-refractivity contribution in [3.05, 3.63) is 24.2 Å². The van der Waals surface area contributed by atoms with Crippen LogP contribution in [0, 0.1) is 0 Å². The van der Waals surface area contributed by atoms with E-state index in [1.807, 2.05) is 0 Å². The van der Waals surface area contributed by atoms with Crippen molar-refractivity contribution in [2.45, 2.75) is 25.8 Å². The molecule has 1 aromatic rings. The first-order chi connectivity index (χ1) is 8.88. The molecule has 2 amide bonds. The van der Waals surface area contributed by atoms with Crippen LogP contribution in [0.1, 0.15) is 30.8 Å². The topological polar surface area (TPSA) is 82.8 Å². The largest absolute Gasteiger partial charge is 0.459 e. The van der Waals surface area contributed by atoms with Gasteiger partial charge >= 0.3 is 0 Å². The van der Waals surface area contributed by atoms with E-state index in [2.05, 4.69) is 5.32 Å². The predicted molar refractivity (Wildman–Crippen MR) is 69.6 cm³/mol. The van der Waals surface area contributed by atoms with Crippen LogP contribution in [0.15, 0.2) is 22.8 Å². The highest BCUT2D eigenvalue weighted by molar-refractivity contribution is 5.91. The molecule has 6 nitrogen and oxygen atoms in total. The summed E-state index contributed by atoms with van der Waals surface area (Å²) in [5.41, 5.74) is -0.609. The molecule has 0 spiro atoms. The normalized spacial score (nSPS) is 11.2. The van der Waals surface area contributed by atoms with Gasteiger partial charge in [-0.2, -0.15) is 0 Å². The van der Waals surface area contributed by atoms with E-state index in [-0.39, 0.29) is 37.1 Å². The minimum atomic E-state index is -0.609. The number of hydrogen-bond acceptors (Lipinski definition) is 4. The number of hydrogen-bond donors (Lipinski definition) is 2. The SMILES string of the molecule is CN(C(=O)CCNC(=O)c1ccco1)C(C)(C)CO. The lowest BCUT2D eigenvalue weighted by molar-refractivity contribution is -0.135. The second-order valence-corrected chi connectivity index (χ2v) is 4.91. The van der Waals surface area contributed by atoms with Crippen molar-refractivity contribution in [3.63, 3.8) is 0 Å². The third-order valence-corrected chi connectivity index (χ3v) is 3.04. The van der Waals surface area contributed by atoms with Crippen molar-refractivity contribution in [2.24, 2.45) is 0 Å². The van der Waals surface area contributed by atoms with Crippen LogP contribution in [0.3, 0.4) is 0 Å². The summed E-state index contributed by atoms with van der Waals surface area (Å²) in [6, 6.07) is 3.18. The number of nitrogens with one attached hydrogen (secondary N) is 1. The van der Waals surface area contributed by atoms with Crippen molar-refractivity contribution >= 4 is 11.8 Å². The zero-order valence-electron chi connectivity index (χ0n) is 11.5. The summed E-state index contributed by atoms with van der Waals surface area (Å²) in [4.78, 5) is 24.9. The second-order valence-electron chi connectivity index (χ2n) is 4.91. The maximum Gasteiger partial charge on any atom is 0.286 e. The van der Waals surface area contributed by atoms with Crippen molar-refractivity contribution in [1.29, 1.82) is 0 Å². The van der Waals surface area contributed by atoms with Gasteiger partial charge in [0.15, 0.2) is 5.76 Å². The molecule has 0 saturated heterocycles. The average Bonchev–Trinajstić information content (AvgIpc) is 2.91. The van der Waals surface area contributed by atoms with Gasteiger partial charge in [-0.3, -0.25) is 9.59 Å². The fourth-order valence-corrected chi connectivity index (χ4v) is 1.39. The molecule has 0 saturated carbocycles. The maximum atomic E-state index is 11.9. The first-order valence-electron chi connectivity index (χ1n) is 6.07. The second kappa shape index (κ2) is 6.38. The fourth-order valence-electron chi connectivity index (χ4n) is 1.39. The number of aliphatic hydroxyl groups is 1. The van der Waals surface area contributed by atoms with Crippen LogP contribution in [0.25, 0.3) is 0 Å². The number of nitrogens with zero attached hydrogens (tertiary/aromatic N) is 1. The van der Waals surface area contributed by atoms with E-state index in [9.17, 15) is 14.7 Å². The van der Waals surface area contributed by atoms with Crippen molar-refractivity contribution < 1.29 is 19.1 Å². The molecular formula is C13H20N2O4. The molecular weight excluding hydrogens is 248 g/mol. The third kappa shape index (κ3) is 4.10. The van der Waals surface area contributed by atoms with Crippen molar-refractivity contribution in [1.82, 2.24) is 10.2 Å². The Hall–Kier alpha value is -1.82. The van der Waals surface area contributed by atoms with Crippen LogP contribution in [0.5, 0.6) is 0 Å². The Morgan fingerprint density at radius 2 is 2.16 bits per heavy atom. The van der Waals surface area contributed by atoms with Gasteiger partial charge in [0, 0.05) is 20.0 Å². The minimum absolute atomic E-state index is 0.117. The van der Waals surface area contributed by atoms with Gasteiger partial charge in [0.2, 0.25) is 5.91 Å². The Kier molecular flexibility index (Phi) is 5.11. The molecule has 0 atom stereocenters. The molecule has 1 aromatic heterocycles. The Balaban J connectivity index is 2.37. The number of carbonyl (C=O) groups excluding carboxylic acids is 2. The lowest BCUT2D eigenvalue weighted by Crippen LogP contribution is -2.48. The summed E-state index contributed by atoms with van der Waals surface area (Å²) in [7, 11) is 1.63. The molecule has 0 aliphatic carbocycles. The monoisotopic (exact) mass is 268 g/mol. The highest BCUT2D eigenvalue weighted by atomic mass is 16.3. The smallest absolute Gasteiger partial charge is 0.286 e. The highest BCUT2D eigenvalue weighted by Crippen LogP contribution is 2.12. The standard InChI is InChI=1S/C13H20N2O4/c1-13(2,9-16)15(3)11(17)6-7-14-12(18)10-5-4-8-19-10/h4-5,8,16H,6-7,9H2,1-3H3,(H,14,18). The van der Waals surface area contributed by atoms with E-state index in [0.29, 0.717) is 0 Å². The zero-order chi connectivity index (χ0) is 14.5. The summed E-state index contributed by atoms with van der Waals surface area (Å²) in [6.45, 7) is 3.65. The molecule has 0 radical (unpaired) electrons. The summed E-state index contributed by atoms with van der Waals surface area (Å²) in [6.07, 6.45) is 1.59. The Morgan fingerprint density at radius 1 is 1.47 bits per heavy atom. The van der Waals surface area contributed by atoms with Gasteiger partial charge < -0.3 is 19.7 Å². The first-order valence-corrected chi connectivity index (χ1v) is 6.07. The molecule has 19 heavy (non-hydrogen) atoms. The highest BCUT2D eigenvalue weighted by Gasteiger charge is 2.26. The number of aliphatic hydroxyl groups excluding tert-OH is 1. The van der Waals surface area contributed by atoms with Gasteiger partial charge in [0.25, 0.3) is 5.91 Å². The lowest BCUT2D eigenvalue weighted by Gasteiger charge is -2.34. The molecule has 1 heterocycles. The fraction of sp³-hybridized carbons (Fsp3) is 0.538. The average molecular weight is 268 g/mol. The molecule has 0 aliphatic rings. The van der Waals surface area contributed by atoms with Crippen molar-refractivity contribution in [3.8, 4) is 0 Å². The number of amides is 2. The van der Waals surface area contributed by atoms with Crippen LogP contribution >= 0.6 is 0 Å². The van der Waals surface area contributed by atoms with Crippen LogP contribution in [-0.4, -0.2) is 47.6 Å². The Morgan fingerprint density at radius 3 is 2.68 bits per heavy atom. The van der Waals surface area contributed by atoms with Gasteiger partial charge in [0.05, 0.1) is 18.4 Å². The third-order valence-electron chi connectivity index (χ3n) is 3.04. The number of carbonyl (C=O) groups is 2. The Bertz CT molecular complexity index is 426. The minimum Gasteiger partial charge on any atom is -0.459 e. The number of rotatable bonds is 6. The van der Waals surface area contributed by atoms with E-state index in [4.69, 9.17) is 4.42 Å². The molecule has 0 unspecified atom stereocenters. The summed E-state index contributed by atoms with van der Waals surface area (Å²) in [5, 5.41) is 11.8. The number of likely N-dealkylation sites (N-methyl/N-ethyl adjacent to an activating group) is 1. The van der Waals surface area contributed by atoms with Crippen LogP contribution < -0.4 is 5.32 Å². The van der Waals surface area contributed by atoms with E-state index in [1.54, 1.807) is 33.0 Å². The van der Waals surface area contributed by atoms with Gasteiger partial charge in [-0.15, -0.1) is 0 Å². The maximum absolute atomic E-state index is 11.9. The van der Waals surface area contributed by atoms with Crippen LogP contribution in [0.2, 0.25) is 0 Å². The molecule has 0 bridgehead atoms. The molecule has 0 fully saturated rings. The quantitative estimate of drug-likeness (QED) is 0.792. The molecule has 0 aromatic carbocycles.